The maximum atomic E-state index is 14.2. The van der Waals surface area contributed by atoms with Crippen molar-refractivity contribution in [3.63, 3.8) is 0 Å². The number of hydrogen-bond acceptors (Lipinski definition) is 7. The molecule has 1 amide bonds. The Hall–Kier alpha value is -4.90. The molecule has 0 spiro atoms. The SMILES string of the molecule is Cc1ccc(C(=O)Nc2ccc(C3CCCN(C)C3)cc2C(F)(F)F)cc1Cc1nccc(-c2cncc(-c3oncc3C)c2)n1. The van der Waals surface area contributed by atoms with Crippen LogP contribution in [0.25, 0.3) is 22.6 Å². The number of nitrogens with one attached hydrogen (secondary N) is 1. The normalized spacial score (nSPS) is 15.6. The van der Waals surface area contributed by atoms with Crippen molar-refractivity contribution in [2.75, 3.05) is 25.5 Å². The molecule has 8 nitrogen and oxygen atoms in total. The van der Waals surface area contributed by atoms with Crippen molar-refractivity contribution in [1.29, 1.82) is 0 Å². The molecule has 11 heteroatoms. The molecule has 1 N–H and O–H groups in total. The molecule has 2 aromatic carbocycles. The summed E-state index contributed by atoms with van der Waals surface area (Å²) in [6.07, 6.45) is 4.15. The average molecular weight is 627 g/mol. The van der Waals surface area contributed by atoms with Crippen molar-refractivity contribution < 1.29 is 22.5 Å². The summed E-state index contributed by atoms with van der Waals surface area (Å²) in [5.74, 6) is 0.535. The lowest BCUT2D eigenvalue weighted by Crippen LogP contribution is -2.31. The van der Waals surface area contributed by atoms with Crippen LogP contribution < -0.4 is 5.32 Å². The maximum absolute atomic E-state index is 14.2. The highest BCUT2D eigenvalue weighted by molar-refractivity contribution is 6.05. The Balaban J connectivity index is 1.22. The number of halogens is 3. The predicted octanol–water partition coefficient (Wildman–Crippen LogP) is 7.48. The van der Waals surface area contributed by atoms with Gasteiger partial charge in [0.05, 0.1) is 23.1 Å². The second kappa shape index (κ2) is 12.8. The number of benzene rings is 2. The monoisotopic (exact) mass is 626 g/mol. The third-order valence-electron chi connectivity index (χ3n) is 8.40. The van der Waals surface area contributed by atoms with Crippen LogP contribution in [0.4, 0.5) is 18.9 Å². The van der Waals surface area contributed by atoms with E-state index in [1.54, 1.807) is 55.1 Å². The van der Waals surface area contributed by atoms with Gasteiger partial charge in [-0.1, -0.05) is 17.3 Å². The van der Waals surface area contributed by atoms with Crippen LogP contribution in [-0.4, -0.2) is 51.1 Å². The number of likely N-dealkylation sites (N-methyl/N-ethyl adjacent to an activating group) is 1. The topological polar surface area (TPSA) is 97.0 Å². The number of hydrogen-bond donors (Lipinski definition) is 1. The fourth-order valence-corrected chi connectivity index (χ4v) is 5.88. The molecule has 1 saturated heterocycles. The van der Waals surface area contributed by atoms with E-state index in [0.717, 1.165) is 47.2 Å². The second-order valence-corrected chi connectivity index (χ2v) is 11.8. The van der Waals surface area contributed by atoms with Gasteiger partial charge in [0.1, 0.15) is 5.82 Å². The molecular formula is C35H33F3N6O2. The maximum Gasteiger partial charge on any atom is 0.418 e. The summed E-state index contributed by atoms with van der Waals surface area (Å²) in [6, 6.07) is 13.0. The molecule has 0 radical (unpaired) electrons. The van der Waals surface area contributed by atoms with Gasteiger partial charge >= 0.3 is 6.18 Å². The van der Waals surface area contributed by atoms with Gasteiger partial charge in [0.15, 0.2) is 5.76 Å². The summed E-state index contributed by atoms with van der Waals surface area (Å²) in [5, 5.41) is 6.36. The summed E-state index contributed by atoms with van der Waals surface area (Å²) >= 11 is 0. The van der Waals surface area contributed by atoms with Crippen molar-refractivity contribution in [2.45, 2.75) is 45.2 Å². The van der Waals surface area contributed by atoms with E-state index >= 15 is 0 Å². The van der Waals surface area contributed by atoms with Crippen LogP contribution in [0.3, 0.4) is 0 Å². The predicted molar refractivity (Wildman–Crippen MR) is 168 cm³/mol. The Bertz CT molecular complexity index is 1890. The fourth-order valence-electron chi connectivity index (χ4n) is 5.88. The van der Waals surface area contributed by atoms with Crippen LogP contribution in [0.2, 0.25) is 0 Å². The van der Waals surface area contributed by atoms with E-state index in [0.29, 0.717) is 35.8 Å². The van der Waals surface area contributed by atoms with Crippen molar-refractivity contribution in [3.8, 4) is 22.6 Å². The number of piperidine rings is 1. The lowest BCUT2D eigenvalue weighted by molar-refractivity contribution is -0.137. The summed E-state index contributed by atoms with van der Waals surface area (Å²) in [4.78, 5) is 28.9. The first-order valence-electron chi connectivity index (χ1n) is 15.0. The van der Waals surface area contributed by atoms with Gasteiger partial charge < -0.3 is 14.7 Å². The molecule has 6 rings (SSSR count). The van der Waals surface area contributed by atoms with Gasteiger partial charge in [0.2, 0.25) is 0 Å². The van der Waals surface area contributed by atoms with Crippen molar-refractivity contribution in [2.24, 2.45) is 0 Å². The molecule has 0 aliphatic carbocycles. The third-order valence-corrected chi connectivity index (χ3v) is 8.40. The lowest BCUT2D eigenvalue weighted by atomic mass is 9.89. The van der Waals surface area contributed by atoms with Crippen LogP contribution in [0.5, 0.6) is 0 Å². The van der Waals surface area contributed by atoms with E-state index in [9.17, 15) is 18.0 Å². The zero-order valence-corrected chi connectivity index (χ0v) is 25.7. The first-order valence-corrected chi connectivity index (χ1v) is 15.0. The Labute approximate surface area is 264 Å². The molecule has 1 aliphatic heterocycles. The quantitative estimate of drug-likeness (QED) is 0.200. The number of aromatic nitrogens is 4. The number of anilines is 1. The highest BCUT2D eigenvalue weighted by atomic mass is 19.4. The van der Waals surface area contributed by atoms with Crippen molar-refractivity contribution in [1.82, 2.24) is 25.0 Å². The molecule has 5 aromatic rings. The van der Waals surface area contributed by atoms with E-state index in [4.69, 9.17) is 9.51 Å². The molecule has 3 aromatic heterocycles. The Morgan fingerprint density at radius 1 is 1.02 bits per heavy atom. The number of aryl methyl sites for hydroxylation is 2. The molecule has 1 fully saturated rings. The minimum atomic E-state index is -4.62. The smallest absolute Gasteiger partial charge is 0.356 e. The van der Waals surface area contributed by atoms with Crippen molar-refractivity contribution >= 4 is 11.6 Å². The first-order chi connectivity index (χ1) is 22.0. The molecule has 0 bridgehead atoms. The number of amides is 1. The van der Waals surface area contributed by atoms with Crippen LogP contribution in [0, 0.1) is 13.8 Å². The Kier molecular flexibility index (Phi) is 8.68. The van der Waals surface area contributed by atoms with Crippen LogP contribution in [0.1, 0.15) is 62.8 Å². The second-order valence-electron chi connectivity index (χ2n) is 11.8. The van der Waals surface area contributed by atoms with Gasteiger partial charge in [-0.3, -0.25) is 9.78 Å². The largest absolute Gasteiger partial charge is 0.418 e. The van der Waals surface area contributed by atoms with E-state index < -0.39 is 17.6 Å². The van der Waals surface area contributed by atoms with Gasteiger partial charge in [-0.2, -0.15) is 13.2 Å². The fraction of sp³-hybridized carbons (Fsp3) is 0.286. The number of alkyl halides is 3. The molecule has 1 aliphatic rings. The Morgan fingerprint density at radius 2 is 1.85 bits per heavy atom. The highest BCUT2D eigenvalue weighted by Crippen LogP contribution is 2.38. The zero-order valence-electron chi connectivity index (χ0n) is 25.7. The van der Waals surface area contributed by atoms with E-state index in [-0.39, 0.29) is 17.2 Å². The Morgan fingerprint density at radius 3 is 2.61 bits per heavy atom. The number of likely N-dealkylation sites (tertiary alicyclic amines) is 1. The third kappa shape index (κ3) is 6.84. The minimum absolute atomic E-state index is 0.0164. The summed E-state index contributed by atoms with van der Waals surface area (Å²) < 4.78 is 47.9. The molecule has 236 valence electrons. The molecule has 46 heavy (non-hydrogen) atoms. The zero-order chi connectivity index (χ0) is 32.4. The first kappa shape index (κ1) is 31.1. The van der Waals surface area contributed by atoms with Crippen molar-refractivity contribution in [3.05, 3.63) is 113 Å². The summed E-state index contributed by atoms with van der Waals surface area (Å²) in [7, 11) is 1.97. The van der Waals surface area contributed by atoms with E-state index in [2.05, 4.69) is 25.3 Å². The molecule has 0 saturated carbocycles. The molecular weight excluding hydrogens is 593 g/mol. The van der Waals surface area contributed by atoms with Gasteiger partial charge in [0.25, 0.3) is 5.91 Å². The number of carbonyl (C=O) groups excluding carboxylic acids is 1. The standard InChI is InChI=1S/C35H33F3N6O2/c1-21-6-7-24(34(45)43-31-9-8-23(15-29(31)35(36,37)38)25-5-4-12-44(3)20-25)13-26(21)16-32-40-11-10-30(42-32)27-14-28(19-39-18-27)33-22(2)17-41-46-33/h6-11,13-15,17-19,25H,4-5,12,16,20H2,1-3H3,(H,43,45). The summed E-state index contributed by atoms with van der Waals surface area (Å²) in [6.45, 7) is 5.44. The molecule has 4 heterocycles. The van der Waals surface area contributed by atoms with E-state index in [1.807, 2.05) is 27.0 Å². The van der Waals surface area contributed by atoms with E-state index in [1.165, 1.54) is 12.1 Å². The minimum Gasteiger partial charge on any atom is -0.356 e. The van der Waals surface area contributed by atoms with Gasteiger partial charge in [-0.05, 0) is 99.3 Å². The number of nitrogens with zero attached hydrogens (tertiary/aromatic N) is 5. The van der Waals surface area contributed by atoms with Crippen LogP contribution in [0.15, 0.2) is 77.8 Å². The number of rotatable bonds is 7. The molecule has 1 atom stereocenters. The average Bonchev–Trinajstić information content (AvgIpc) is 3.47. The van der Waals surface area contributed by atoms with Crippen LogP contribution >= 0.6 is 0 Å². The summed E-state index contributed by atoms with van der Waals surface area (Å²) in [5.41, 5.74) is 4.52. The number of pyridine rings is 1. The van der Waals surface area contributed by atoms with Crippen LogP contribution in [-0.2, 0) is 12.6 Å². The highest BCUT2D eigenvalue weighted by Gasteiger charge is 2.35. The number of carbonyl (C=O) groups is 1. The van der Waals surface area contributed by atoms with Gasteiger partial charge in [-0.15, -0.1) is 0 Å². The lowest BCUT2D eigenvalue weighted by Gasteiger charge is -2.30. The molecule has 1 unspecified atom stereocenters. The van der Waals surface area contributed by atoms with Gasteiger partial charge in [0, 0.05) is 53.8 Å². The van der Waals surface area contributed by atoms with Gasteiger partial charge in [-0.25, -0.2) is 9.97 Å².